The smallest absolute Gasteiger partial charge is 0.223 e. The van der Waals surface area contributed by atoms with Crippen LogP contribution in [0, 0.1) is 6.92 Å². The molecule has 0 unspecified atom stereocenters. The highest BCUT2D eigenvalue weighted by atomic mass is 15.1. The first-order chi connectivity index (χ1) is 14.2. The van der Waals surface area contributed by atoms with Gasteiger partial charge in [-0.3, -0.25) is 0 Å². The molecule has 4 heteroatoms. The summed E-state index contributed by atoms with van der Waals surface area (Å²) in [6.07, 6.45) is 15.6. The van der Waals surface area contributed by atoms with Gasteiger partial charge in [0.25, 0.3) is 0 Å². The van der Waals surface area contributed by atoms with E-state index >= 15 is 0 Å². The maximum Gasteiger partial charge on any atom is 0.223 e. The number of nitrogens with one attached hydrogen (secondary N) is 1. The zero-order valence-electron chi connectivity index (χ0n) is 17.3. The molecule has 1 aliphatic carbocycles. The standard InChI is InChI=1S/C25H30N4/c1-19-7-6-8-21(17-19)12-15-29-16-13-22(18-20(29)2)24-11-14-26-25(28-24)27-23-9-4-3-5-10-23/h6-8,11,13-14,16-18,23H,2-5,9-10,12,15H2,1H3,(H,26,27,28). The number of nitrogens with zero attached hydrogens (tertiary/aromatic N) is 3. The fraction of sp³-hybridized carbons (Fsp3) is 0.360. The van der Waals surface area contributed by atoms with Crippen molar-refractivity contribution in [2.45, 2.75) is 51.5 Å². The second kappa shape index (κ2) is 9.08. The highest BCUT2D eigenvalue weighted by Gasteiger charge is 2.15. The Balaban J connectivity index is 1.39. The van der Waals surface area contributed by atoms with Crippen molar-refractivity contribution in [3.63, 3.8) is 0 Å². The zero-order valence-corrected chi connectivity index (χ0v) is 17.3. The van der Waals surface area contributed by atoms with E-state index in [1.165, 1.54) is 43.2 Å². The molecule has 1 aromatic heterocycles. The van der Waals surface area contributed by atoms with E-state index in [1.807, 2.05) is 12.3 Å². The summed E-state index contributed by atoms with van der Waals surface area (Å²) in [5.74, 6) is 0.733. The summed E-state index contributed by atoms with van der Waals surface area (Å²) in [6.45, 7) is 7.31. The molecule has 0 radical (unpaired) electrons. The van der Waals surface area contributed by atoms with Gasteiger partial charge >= 0.3 is 0 Å². The van der Waals surface area contributed by atoms with Crippen LogP contribution in [0.25, 0.3) is 5.57 Å². The molecule has 29 heavy (non-hydrogen) atoms. The van der Waals surface area contributed by atoms with Gasteiger partial charge < -0.3 is 10.2 Å². The van der Waals surface area contributed by atoms with Gasteiger partial charge in [0, 0.05) is 36.3 Å². The van der Waals surface area contributed by atoms with Gasteiger partial charge in [0.05, 0.1) is 5.69 Å². The summed E-state index contributed by atoms with van der Waals surface area (Å²) < 4.78 is 0. The van der Waals surface area contributed by atoms with Gasteiger partial charge in [0.1, 0.15) is 0 Å². The third-order valence-electron chi connectivity index (χ3n) is 5.74. The highest BCUT2D eigenvalue weighted by molar-refractivity contribution is 5.75. The van der Waals surface area contributed by atoms with Crippen molar-refractivity contribution in [3.05, 3.63) is 84.0 Å². The summed E-state index contributed by atoms with van der Waals surface area (Å²) in [7, 11) is 0. The maximum atomic E-state index is 4.75. The van der Waals surface area contributed by atoms with Crippen LogP contribution in [0.1, 0.15) is 48.9 Å². The van der Waals surface area contributed by atoms with E-state index in [-0.39, 0.29) is 0 Å². The molecule has 0 bridgehead atoms. The molecule has 150 valence electrons. The minimum atomic E-state index is 0.502. The number of aromatic nitrogens is 2. The molecule has 0 saturated heterocycles. The predicted molar refractivity (Wildman–Crippen MR) is 120 cm³/mol. The lowest BCUT2D eigenvalue weighted by Gasteiger charge is -2.25. The predicted octanol–water partition coefficient (Wildman–Crippen LogP) is 5.50. The second-order valence-electron chi connectivity index (χ2n) is 8.08. The first-order valence-electron chi connectivity index (χ1n) is 10.7. The summed E-state index contributed by atoms with van der Waals surface area (Å²) in [5.41, 5.74) is 5.68. The summed E-state index contributed by atoms with van der Waals surface area (Å²) in [4.78, 5) is 11.4. The largest absolute Gasteiger partial charge is 0.351 e. The average molecular weight is 387 g/mol. The molecular weight excluding hydrogens is 356 g/mol. The molecule has 1 saturated carbocycles. The number of allylic oxidation sites excluding steroid dienone is 3. The SMILES string of the molecule is C=C1C=C(c2ccnc(NC3CCCCC3)n2)C=CN1CCc1cccc(C)c1. The van der Waals surface area contributed by atoms with E-state index in [2.05, 4.69) is 71.3 Å². The van der Waals surface area contributed by atoms with Gasteiger partial charge in [0.2, 0.25) is 5.95 Å². The molecule has 4 rings (SSSR count). The molecule has 1 aliphatic heterocycles. The Morgan fingerprint density at radius 1 is 1.17 bits per heavy atom. The maximum absolute atomic E-state index is 4.75. The molecule has 0 atom stereocenters. The summed E-state index contributed by atoms with van der Waals surface area (Å²) in [5, 5.41) is 3.52. The minimum Gasteiger partial charge on any atom is -0.351 e. The molecule has 0 amide bonds. The molecule has 2 aromatic rings. The van der Waals surface area contributed by atoms with Crippen molar-refractivity contribution in [1.82, 2.24) is 14.9 Å². The summed E-state index contributed by atoms with van der Waals surface area (Å²) >= 11 is 0. The van der Waals surface area contributed by atoms with Gasteiger partial charge in [-0.1, -0.05) is 55.7 Å². The Morgan fingerprint density at radius 3 is 2.83 bits per heavy atom. The Kier molecular flexibility index (Phi) is 6.09. The van der Waals surface area contributed by atoms with Crippen LogP contribution in [-0.2, 0) is 6.42 Å². The van der Waals surface area contributed by atoms with Crippen LogP contribution in [0.4, 0.5) is 5.95 Å². The second-order valence-corrected chi connectivity index (χ2v) is 8.08. The normalized spacial score (nSPS) is 17.3. The van der Waals surface area contributed by atoms with E-state index in [9.17, 15) is 0 Å². The molecule has 1 aromatic carbocycles. The van der Waals surface area contributed by atoms with Crippen LogP contribution in [0.15, 0.2) is 67.2 Å². The van der Waals surface area contributed by atoms with Gasteiger partial charge in [-0.05, 0) is 50.0 Å². The van der Waals surface area contributed by atoms with Crippen molar-refractivity contribution in [3.8, 4) is 0 Å². The minimum absolute atomic E-state index is 0.502. The van der Waals surface area contributed by atoms with Gasteiger partial charge in [-0.25, -0.2) is 9.97 Å². The van der Waals surface area contributed by atoms with Crippen LogP contribution in [-0.4, -0.2) is 27.5 Å². The van der Waals surface area contributed by atoms with Crippen molar-refractivity contribution < 1.29 is 0 Å². The van der Waals surface area contributed by atoms with E-state index in [0.717, 1.165) is 35.9 Å². The molecular formula is C25H30N4. The van der Waals surface area contributed by atoms with Gasteiger partial charge in [0.15, 0.2) is 0 Å². The van der Waals surface area contributed by atoms with Crippen LogP contribution in [0.3, 0.4) is 0 Å². The lowest BCUT2D eigenvalue weighted by Crippen LogP contribution is -2.23. The lowest BCUT2D eigenvalue weighted by atomic mass is 9.96. The number of hydrogen-bond donors (Lipinski definition) is 1. The van der Waals surface area contributed by atoms with Crippen molar-refractivity contribution in [2.24, 2.45) is 0 Å². The third-order valence-corrected chi connectivity index (χ3v) is 5.74. The Morgan fingerprint density at radius 2 is 2.03 bits per heavy atom. The molecule has 4 nitrogen and oxygen atoms in total. The third kappa shape index (κ3) is 5.14. The van der Waals surface area contributed by atoms with Gasteiger partial charge in [-0.2, -0.15) is 0 Å². The van der Waals surface area contributed by atoms with Crippen LogP contribution in [0.2, 0.25) is 0 Å². The topological polar surface area (TPSA) is 41.1 Å². The van der Waals surface area contributed by atoms with E-state index < -0.39 is 0 Å². The first kappa shape index (κ1) is 19.4. The highest BCUT2D eigenvalue weighted by Crippen LogP contribution is 2.25. The Hall–Kier alpha value is -2.88. The van der Waals surface area contributed by atoms with Crippen molar-refractivity contribution >= 4 is 11.5 Å². The number of rotatable bonds is 6. The number of benzene rings is 1. The van der Waals surface area contributed by atoms with Crippen molar-refractivity contribution in [2.75, 3.05) is 11.9 Å². The lowest BCUT2D eigenvalue weighted by molar-refractivity contribution is 0.461. The fourth-order valence-electron chi connectivity index (χ4n) is 4.09. The quantitative estimate of drug-likeness (QED) is 0.712. The van der Waals surface area contributed by atoms with E-state index in [4.69, 9.17) is 4.98 Å². The average Bonchev–Trinajstić information content (AvgIpc) is 2.74. The molecule has 1 N–H and O–H groups in total. The Bertz CT molecular complexity index is 922. The molecule has 2 aliphatic rings. The van der Waals surface area contributed by atoms with Crippen LogP contribution in [0.5, 0.6) is 0 Å². The molecule has 1 fully saturated rings. The molecule has 0 spiro atoms. The number of anilines is 1. The number of hydrogen-bond acceptors (Lipinski definition) is 4. The Labute approximate surface area is 174 Å². The van der Waals surface area contributed by atoms with E-state index in [1.54, 1.807) is 0 Å². The summed E-state index contributed by atoms with van der Waals surface area (Å²) in [6, 6.07) is 11.2. The fourth-order valence-corrected chi connectivity index (χ4v) is 4.09. The van der Waals surface area contributed by atoms with Crippen LogP contribution < -0.4 is 5.32 Å². The van der Waals surface area contributed by atoms with Crippen molar-refractivity contribution in [1.29, 1.82) is 0 Å². The molecule has 2 heterocycles. The van der Waals surface area contributed by atoms with Gasteiger partial charge in [-0.15, -0.1) is 0 Å². The van der Waals surface area contributed by atoms with E-state index in [0.29, 0.717) is 6.04 Å². The zero-order chi connectivity index (χ0) is 20.1. The number of aryl methyl sites for hydroxylation is 1. The van der Waals surface area contributed by atoms with Crippen LogP contribution >= 0.6 is 0 Å². The monoisotopic (exact) mass is 386 g/mol. The first-order valence-corrected chi connectivity index (χ1v) is 10.7.